The molecule has 0 aromatic heterocycles. The molecule has 0 aromatic carbocycles. The van der Waals surface area contributed by atoms with Gasteiger partial charge in [0, 0.05) is 12.2 Å². The van der Waals surface area contributed by atoms with Crippen LogP contribution in [0.1, 0.15) is 73.1 Å². The molecule has 3 rings (SSSR count). The zero-order valence-corrected chi connectivity index (χ0v) is 19.3. The van der Waals surface area contributed by atoms with E-state index in [9.17, 15) is 5.11 Å². The van der Waals surface area contributed by atoms with Crippen molar-refractivity contribution in [2.45, 2.75) is 108 Å². The lowest BCUT2D eigenvalue weighted by Crippen LogP contribution is -2.62. The van der Waals surface area contributed by atoms with Crippen LogP contribution >= 0.6 is 0 Å². The molecular formula is C23H42N3O2-3. The fourth-order valence-corrected chi connectivity index (χ4v) is 6.48. The molecule has 1 N–H and O–H groups in total. The SMILES string of the molecule is C[N-]C(C)(C)[C@@H]1CC[C@](C)([C@H]2CC[C@@](C)([N-]C)[C@H]3CC[C@](C)([N-]C)[C@@H](O)[C@@H]32)O1. The van der Waals surface area contributed by atoms with E-state index in [1.165, 1.54) is 0 Å². The molecule has 1 saturated heterocycles. The quantitative estimate of drug-likeness (QED) is 0.713. The monoisotopic (exact) mass is 392 g/mol. The smallest absolute Gasteiger partial charge is 0.0690 e. The first-order valence-electron chi connectivity index (χ1n) is 11.2. The van der Waals surface area contributed by atoms with E-state index in [1.54, 1.807) is 0 Å². The number of aliphatic hydroxyl groups excluding tert-OH is 1. The Balaban J connectivity index is 1.92. The number of rotatable bonds is 5. The summed E-state index contributed by atoms with van der Waals surface area (Å²) in [6.07, 6.45) is 5.93. The van der Waals surface area contributed by atoms with E-state index in [0.29, 0.717) is 11.8 Å². The average molecular weight is 393 g/mol. The van der Waals surface area contributed by atoms with E-state index in [4.69, 9.17) is 10.1 Å². The maximum Gasteiger partial charge on any atom is 0.0690 e. The predicted molar refractivity (Wildman–Crippen MR) is 116 cm³/mol. The second kappa shape index (κ2) is 7.49. The standard InChI is InChI=1S/C23H42N3O2/c1-20(2,24-6)17-11-14-23(5,28-17)16-10-12-21(3,25-7)15-9-13-22(4,26-8)19(27)18(15)16/h15-19,27H,9-14H2,1-8H3/q-3/t15-,16-,17-,18-,19-,21+,22-,23+/m0/s1. The van der Waals surface area contributed by atoms with Gasteiger partial charge < -0.3 is 25.8 Å². The number of nitrogens with zero attached hydrogens (tertiary/aromatic N) is 3. The topological polar surface area (TPSA) is 71.8 Å². The molecule has 3 fully saturated rings. The van der Waals surface area contributed by atoms with Gasteiger partial charge in [0.15, 0.2) is 0 Å². The van der Waals surface area contributed by atoms with Crippen molar-refractivity contribution in [3.05, 3.63) is 16.0 Å². The Bertz CT molecular complexity index is 570. The lowest BCUT2D eigenvalue weighted by Gasteiger charge is -2.67. The molecule has 0 bridgehead atoms. The van der Waals surface area contributed by atoms with Gasteiger partial charge in [-0.15, -0.1) is 11.1 Å². The van der Waals surface area contributed by atoms with Crippen LogP contribution in [0.25, 0.3) is 16.0 Å². The Hall–Kier alpha value is -0.200. The van der Waals surface area contributed by atoms with E-state index >= 15 is 0 Å². The fourth-order valence-electron chi connectivity index (χ4n) is 6.48. The van der Waals surface area contributed by atoms with Gasteiger partial charge in [0.25, 0.3) is 0 Å². The van der Waals surface area contributed by atoms with Gasteiger partial charge in [0.1, 0.15) is 0 Å². The minimum absolute atomic E-state index is 0.0520. The highest BCUT2D eigenvalue weighted by Gasteiger charge is 2.56. The van der Waals surface area contributed by atoms with E-state index < -0.39 is 6.10 Å². The van der Waals surface area contributed by atoms with Crippen LogP contribution < -0.4 is 0 Å². The van der Waals surface area contributed by atoms with E-state index in [2.05, 4.69) is 45.3 Å². The molecule has 0 amide bonds. The highest BCUT2D eigenvalue weighted by molar-refractivity contribution is 5.22. The number of likely N-dealkylation sites (N-methyl/N-ethyl adjacent to an activating group) is 2. The van der Waals surface area contributed by atoms with Crippen LogP contribution in [0.2, 0.25) is 0 Å². The second-order valence-corrected chi connectivity index (χ2v) is 10.8. The van der Waals surface area contributed by atoms with Crippen molar-refractivity contribution in [2.75, 3.05) is 21.1 Å². The van der Waals surface area contributed by atoms with Crippen molar-refractivity contribution < 1.29 is 9.84 Å². The molecule has 28 heavy (non-hydrogen) atoms. The highest BCUT2D eigenvalue weighted by Crippen LogP contribution is 2.59. The average Bonchev–Trinajstić information content (AvgIpc) is 3.09. The summed E-state index contributed by atoms with van der Waals surface area (Å²) in [5.41, 5.74) is -0.795. The zero-order chi connectivity index (χ0) is 21.0. The van der Waals surface area contributed by atoms with Gasteiger partial charge in [-0.1, -0.05) is 52.5 Å². The molecule has 0 aromatic rings. The summed E-state index contributed by atoms with van der Waals surface area (Å²) in [4.78, 5) is 0. The maximum absolute atomic E-state index is 11.6. The van der Waals surface area contributed by atoms with E-state index in [-0.39, 0.29) is 34.2 Å². The van der Waals surface area contributed by atoms with Gasteiger partial charge >= 0.3 is 0 Å². The van der Waals surface area contributed by atoms with Gasteiger partial charge in [-0.25, -0.2) is 0 Å². The van der Waals surface area contributed by atoms with Crippen molar-refractivity contribution >= 4 is 0 Å². The van der Waals surface area contributed by atoms with Crippen LogP contribution in [0.5, 0.6) is 0 Å². The highest BCUT2D eigenvalue weighted by atomic mass is 16.5. The minimum Gasteiger partial charge on any atom is -0.659 e. The van der Waals surface area contributed by atoms with Gasteiger partial charge in [0.2, 0.25) is 0 Å². The van der Waals surface area contributed by atoms with Gasteiger partial charge in [0.05, 0.1) is 5.60 Å². The Morgan fingerprint density at radius 3 is 2.00 bits per heavy atom. The molecule has 164 valence electrons. The maximum atomic E-state index is 11.6. The van der Waals surface area contributed by atoms with Crippen molar-refractivity contribution in [3.63, 3.8) is 0 Å². The number of ether oxygens (including phenoxy) is 1. The van der Waals surface area contributed by atoms with Gasteiger partial charge in [-0.05, 0) is 43.9 Å². The van der Waals surface area contributed by atoms with Gasteiger partial charge in [-0.3, -0.25) is 0 Å². The van der Waals surface area contributed by atoms with Crippen molar-refractivity contribution in [1.82, 2.24) is 0 Å². The fraction of sp³-hybridized carbons (Fsp3) is 1.00. The summed E-state index contributed by atoms with van der Waals surface area (Å²) in [6.45, 7) is 11.0. The van der Waals surface area contributed by atoms with Crippen LogP contribution in [0, 0.1) is 17.8 Å². The third-order valence-corrected chi connectivity index (χ3v) is 9.14. The molecule has 2 saturated carbocycles. The first-order valence-corrected chi connectivity index (χ1v) is 11.2. The molecule has 5 heteroatoms. The van der Waals surface area contributed by atoms with Crippen molar-refractivity contribution in [2.24, 2.45) is 17.8 Å². The molecule has 0 unspecified atom stereocenters. The lowest BCUT2D eigenvalue weighted by atomic mass is 9.51. The first kappa shape index (κ1) is 22.5. The third kappa shape index (κ3) is 3.45. The summed E-state index contributed by atoms with van der Waals surface area (Å²) in [6, 6.07) is 0. The number of fused-ring (bicyclic) bond motifs is 1. The van der Waals surface area contributed by atoms with Crippen LogP contribution in [-0.2, 0) is 4.74 Å². The van der Waals surface area contributed by atoms with E-state index in [1.807, 2.05) is 21.1 Å². The summed E-state index contributed by atoms with van der Waals surface area (Å²) >= 11 is 0. The molecule has 1 heterocycles. The Morgan fingerprint density at radius 2 is 1.43 bits per heavy atom. The minimum atomic E-state index is -0.439. The molecule has 8 atom stereocenters. The van der Waals surface area contributed by atoms with Crippen molar-refractivity contribution in [3.8, 4) is 0 Å². The van der Waals surface area contributed by atoms with Crippen LogP contribution in [0.15, 0.2) is 0 Å². The molecule has 0 spiro atoms. The molecule has 1 aliphatic heterocycles. The predicted octanol–water partition coefficient (Wildman–Crippen LogP) is 5.03. The molecule has 2 aliphatic carbocycles. The molecular weight excluding hydrogens is 350 g/mol. The first-order chi connectivity index (χ1) is 13.0. The summed E-state index contributed by atoms with van der Waals surface area (Å²) in [5.74, 6) is 0.904. The van der Waals surface area contributed by atoms with Crippen molar-refractivity contribution in [1.29, 1.82) is 0 Å². The molecule has 3 aliphatic rings. The Kier molecular flexibility index (Phi) is 6.02. The largest absolute Gasteiger partial charge is 0.659 e. The molecule has 0 radical (unpaired) electrons. The summed E-state index contributed by atoms with van der Waals surface area (Å²) < 4.78 is 6.78. The Morgan fingerprint density at radius 1 is 0.857 bits per heavy atom. The molecule has 5 nitrogen and oxygen atoms in total. The van der Waals surface area contributed by atoms with Crippen LogP contribution in [0.3, 0.4) is 0 Å². The number of aliphatic hydroxyl groups is 1. The second-order valence-electron chi connectivity index (χ2n) is 10.8. The van der Waals surface area contributed by atoms with Gasteiger partial charge in [-0.2, -0.15) is 21.1 Å². The number of hydrogen-bond donors (Lipinski definition) is 1. The summed E-state index contributed by atoms with van der Waals surface area (Å²) in [5, 5.41) is 25.6. The normalized spacial score (nSPS) is 49.8. The van der Waals surface area contributed by atoms with Crippen LogP contribution in [0.4, 0.5) is 0 Å². The zero-order valence-electron chi connectivity index (χ0n) is 19.3. The van der Waals surface area contributed by atoms with Crippen LogP contribution in [-0.4, -0.2) is 60.7 Å². The lowest BCUT2D eigenvalue weighted by molar-refractivity contribution is -0.159. The number of hydrogen-bond acceptors (Lipinski definition) is 2. The third-order valence-electron chi connectivity index (χ3n) is 9.14. The van der Waals surface area contributed by atoms with E-state index in [0.717, 1.165) is 38.5 Å². The summed E-state index contributed by atoms with van der Waals surface area (Å²) in [7, 11) is 5.71. The Labute approximate surface area is 172 Å².